The molecule has 3 atom stereocenters. The molecule has 1 aliphatic rings. The van der Waals surface area contributed by atoms with E-state index in [4.69, 9.17) is 0 Å². The van der Waals surface area contributed by atoms with Crippen molar-refractivity contribution in [2.75, 3.05) is 0 Å². The molecule has 0 aromatic rings. The van der Waals surface area contributed by atoms with Gasteiger partial charge in [0.05, 0.1) is 12.2 Å². The summed E-state index contributed by atoms with van der Waals surface area (Å²) >= 11 is 0. The number of hydrogen-bond acceptors (Lipinski definition) is 3. The van der Waals surface area contributed by atoms with Gasteiger partial charge in [-0.25, -0.2) is 0 Å². The molecule has 0 aromatic carbocycles. The predicted molar refractivity (Wildman–Crippen MR) is 54.9 cm³/mol. The Bertz CT molecular complexity index is 203. The maximum absolute atomic E-state index is 9.99. The smallest absolute Gasteiger partial charge is 0.124 e. The summed E-state index contributed by atoms with van der Waals surface area (Å²) in [6.07, 6.45) is 2.06. The van der Waals surface area contributed by atoms with Crippen LogP contribution in [0.2, 0.25) is 0 Å². The van der Waals surface area contributed by atoms with Crippen LogP contribution in [0.1, 0.15) is 46.5 Å². The molecular formula is C11H22O3. The summed E-state index contributed by atoms with van der Waals surface area (Å²) in [5.74, 6) is 0. The van der Waals surface area contributed by atoms with Gasteiger partial charge in [-0.2, -0.15) is 0 Å². The van der Waals surface area contributed by atoms with E-state index >= 15 is 0 Å². The first-order chi connectivity index (χ1) is 6.39. The molecule has 3 N–H and O–H groups in total. The first kappa shape index (κ1) is 12.0. The molecule has 0 bridgehead atoms. The van der Waals surface area contributed by atoms with Gasteiger partial charge in [0.25, 0.3) is 0 Å². The summed E-state index contributed by atoms with van der Waals surface area (Å²) in [5.41, 5.74) is -1.83. The highest BCUT2D eigenvalue weighted by molar-refractivity contribution is 5.23. The monoisotopic (exact) mass is 202 g/mol. The molecule has 3 unspecified atom stereocenters. The van der Waals surface area contributed by atoms with Crippen molar-refractivity contribution in [1.82, 2.24) is 0 Å². The van der Waals surface area contributed by atoms with Crippen molar-refractivity contribution in [3.8, 4) is 0 Å². The molecule has 3 nitrogen and oxygen atoms in total. The minimum Gasteiger partial charge on any atom is -0.390 e. The van der Waals surface area contributed by atoms with Gasteiger partial charge in [-0.05, 0) is 6.42 Å². The van der Waals surface area contributed by atoms with Crippen molar-refractivity contribution >= 4 is 0 Å². The molecule has 0 amide bonds. The maximum Gasteiger partial charge on any atom is 0.124 e. The Morgan fingerprint density at radius 1 is 1.29 bits per heavy atom. The molecule has 0 spiro atoms. The standard InChI is InChI=1S/C11H22O3/c1-4-5-6-7-8(12)11(14)9(13)10(11,2)3/h8-9,12-14H,4-7H2,1-3H3. The van der Waals surface area contributed by atoms with E-state index in [1.54, 1.807) is 13.8 Å². The molecule has 3 heteroatoms. The molecule has 1 aliphatic carbocycles. The first-order valence-corrected chi connectivity index (χ1v) is 5.47. The van der Waals surface area contributed by atoms with Crippen molar-refractivity contribution in [3.63, 3.8) is 0 Å². The fraction of sp³-hybridized carbons (Fsp3) is 1.00. The zero-order valence-electron chi connectivity index (χ0n) is 9.32. The van der Waals surface area contributed by atoms with Gasteiger partial charge in [-0.15, -0.1) is 0 Å². The number of aliphatic hydroxyl groups excluding tert-OH is 2. The second-order valence-electron chi connectivity index (χ2n) is 4.96. The third-order valence-corrected chi connectivity index (χ3v) is 3.64. The molecule has 1 fully saturated rings. The third kappa shape index (κ3) is 1.58. The Morgan fingerprint density at radius 2 is 1.79 bits per heavy atom. The highest BCUT2D eigenvalue weighted by atomic mass is 16.4. The summed E-state index contributed by atoms with van der Waals surface area (Å²) in [5, 5.41) is 29.3. The molecule has 0 aromatic heterocycles. The van der Waals surface area contributed by atoms with E-state index in [0.29, 0.717) is 6.42 Å². The predicted octanol–water partition coefficient (Wildman–Crippen LogP) is 1.06. The second kappa shape index (κ2) is 3.80. The van der Waals surface area contributed by atoms with E-state index in [2.05, 4.69) is 6.92 Å². The SMILES string of the molecule is CCCCCC(O)C1(O)C(O)C1(C)C. The fourth-order valence-corrected chi connectivity index (χ4v) is 2.17. The Labute approximate surface area is 85.8 Å². The molecule has 0 heterocycles. The number of aliphatic hydroxyl groups is 3. The lowest BCUT2D eigenvalue weighted by atomic mass is 9.98. The summed E-state index contributed by atoms with van der Waals surface area (Å²) in [6.45, 7) is 5.65. The largest absolute Gasteiger partial charge is 0.390 e. The first-order valence-electron chi connectivity index (χ1n) is 5.47. The van der Waals surface area contributed by atoms with E-state index < -0.39 is 23.2 Å². The van der Waals surface area contributed by atoms with Crippen LogP contribution in [0.5, 0.6) is 0 Å². The molecule has 0 saturated heterocycles. The van der Waals surface area contributed by atoms with Gasteiger partial charge in [-0.3, -0.25) is 0 Å². The minimum absolute atomic E-state index is 0.557. The van der Waals surface area contributed by atoms with E-state index in [1.165, 1.54) is 0 Å². The average molecular weight is 202 g/mol. The molecule has 1 rings (SSSR count). The van der Waals surface area contributed by atoms with Crippen LogP contribution < -0.4 is 0 Å². The highest BCUT2D eigenvalue weighted by Gasteiger charge is 2.73. The zero-order chi connectivity index (χ0) is 11.0. The van der Waals surface area contributed by atoms with Crippen LogP contribution >= 0.6 is 0 Å². The third-order valence-electron chi connectivity index (χ3n) is 3.64. The van der Waals surface area contributed by atoms with Gasteiger partial charge in [0.1, 0.15) is 5.60 Å². The Morgan fingerprint density at radius 3 is 2.14 bits per heavy atom. The summed E-state index contributed by atoms with van der Waals surface area (Å²) < 4.78 is 0. The topological polar surface area (TPSA) is 60.7 Å². The van der Waals surface area contributed by atoms with E-state index in [0.717, 1.165) is 19.3 Å². The number of unbranched alkanes of at least 4 members (excludes halogenated alkanes) is 2. The average Bonchev–Trinajstić information content (AvgIpc) is 2.52. The molecular weight excluding hydrogens is 180 g/mol. The van der Waals surface area contributed by atoms with Crippen LogP contribution in [0.4, 0.5) is 0 Å². The normalized spacial score (nSPS) is 36.9. The lowest BCUT2D eigenvalue weighted by Gasteiger charge is -2.19. The Kier molecular flexibility index (Phi) is 3.24. The summed E-state index contributed by atoms with van der Waals surface area (Å²) in [6, 6.07) is 0. The van der Waals surface area contributed by atoms with Gasteiger partial charge >= 0.3 is 0 Å². The van der Waals surface area contributed by atoms with Crippen molar-refractivity contribution in [2.24, 2.45) is 5.41 Å². The van der Waals surface area contributed by atoms with Gasteiger partial charge in [0.15, 0.2) is 0 Å². The molecule has 0 aliphatic heterocycles. The number of rotatable bonds is 5. The molecule has 14 heavy (non-hydrogen) atoms. The van der Waals surface area contributed by atoms with Crippen LogP contribution in [-0.2, 0) is 0 Å². The second-order valence-corrected chi connectivity index (χ2v) is 4.96. The van der Waals surface area contributed by atoms with E-state index in [9.17, 15) is 15.3 Å². The summed E-state index contributed by atoms with van der Waals surface area (Å²) in [7, 11) is 0. The van der Waals surface area contributed by atoms with E-state index in [1.807, 2.05) is 0 Å². The van der Waals surface area contributed by atoms with Gasteiger partial charge < -0.3 is 15.3 Å². The zero-order valence-corrected chi connectivity index (χ0v) is 9.32. The van der Waals surface area contributed by atoms with Crippen molar-refractivity contribution in [3.05, 3.63) is 0 Å². The van der Waals surface area contributed by atoms with Crippen molar-refractivity contribution in [2.45, 2.75) is 64.3 Å². The minimum atomic E-state index is -1.28. The van der Waals surface area contributed by atoms with E-state index in [-0.39, 0.29) is 0 Å². The summed E-state index contributed by atoms with van der Waals surface area (Å²) in [4.78, 5) is 0. The lowest BCUT2D eigenvalue weighted by Crippen LogP contribution is -2.34. The van der Waals surface area contributed by atoms with Crippen LogP contribution in [0, 0.1) is 5.41 Å². The molecule has 0 radical (unpaired) electrons. The van der Waals surface area contributed by atoms with Crippen LogP contribution in [0.15, 0.2) is 0 Å². The Balaban J connectivity index is 2.42. The van der Waals surface area contributed by atoms with Gasteiger partial charge in [0.2, 0.25) is 0 Å². The molecule has 84 valence electrons. The molecule has 1 saturated carbocycles. The van der Waals surface area contributed by atoms with Gasteiger partial charge in [0, 0.05) is 5.41 Å². The van der Waals surface area contributed by atoms with Crippen LogP contribution in [0.3, 0.4) is 0 Å². The maximum atomic E-state index is 9.99. The van der Waals surface area contributed by atoms with Gasteiger partial charge in [-0.1, -0.05) is 40.0 Å². The quantitative estimate of drug-likeness (QED) is 0.584. The van der Waals surface area contributed by atoms with Crippen molar-refractivity contribution < 1.29 is 15.3 Å². The lowest BCUT2D eigenvalue weighted by molar-refractivity contribution is -0.0451. The van der Waals surface area contributed by atoms with Crippen molar-refractivity contribution in [1.29, 1.82) is 0 Å². The Hall–Kier alpha value is -0.120. The van der Waals surface area contributed by atoms with Crippen LogP contribution in [-0.4, -0.2) is 33.1 Å². The van der Waals surface area contributed by atoms with Crippen LogP contribution in [0.25, 0.3) is 0 Å². The fourth-order valence-electron chi connectivity index (χ4n) is 2.17. The number of hydrogen-bond donors (Lipinski definition) is 3. The highest BCUT2D eigenvalue weighted by Crippen LogP contribution is 2.58.